The normalized spacial score (nSPS) is 8.82. The minimum atomic E-state index is -0.0218. The van der Waals surface area contributed by atoms with E-state index in [0.717, 1.165) is 0 Å². The Morgan fingerprint density at radius 3 is 2.73 bits per heavy atom. The Balaban J connectivity index is 3.18. The van der Waals surface area contributed by atoms with E-state index in [1.807, 2.05) is 0 Å². The summed E-state index contributed by atoms with van der Waals surface area (Å²) in [5.74, 6) is -0.0218. The van der Waals surface area contributed by atoms with Crippen molar-refractivity contribution in [1.29, 1.82) is 0 Å². The lowest BCUT2D eigenvalue weighted by Gasteiger charge is -1.93. The van der Waals surface area contributed by atoms with Crippen molar-refractivity contribution in [3.63, 3.8) is 0 Å². The minimum Gasteiger partial charge on any atom is -0.508 e. The van der Waals surface area contributed by atoms with Crippen LogP contribution in [0.5, 0.6) is 5.75 Å². The van der Waals surface area contributed by atoms with E-state index in [0.29, 0.717) is 10.7 Å². The van der Waals surface area contributed by atoms with Crippen molar-refractivity contribution < 1.29 is 9.90 Å². The first-order valence-electron chi connectivity index (χ1n) is 2.80. The predicted molar refractivity (Wildman–Crippen MR) is 40.9 cm³/mol. The van der Waals surface area contributed by atoms with Gasteiger partial charge < -0.3 is 5.11 Å². The number of phenols is 1. The van der Waals surface area contributed by atoms with Crippen LogP contribution in [0.1, 0.15) is 0 Å². The number of benzene rings is 1. The predicted octanol–water partition coefficient (Wildman–Crippen LogP) is 2.01. The van der Waals surface area contributed by atoms with Crippen LogP contribution in [0.3, 0.4) is 0 Å². The van der Waals surface area contributed by atoms with Crippen LogP contribution < -0.4 is 0 Å². The van der Waals surface area contributed by atoms with Gasteiger partial charge in [-0.05, 0) is 12.1 Å². The number of nitrogens with zero attached hydrogens (tertiary/aromatic N) is 1. The molecule has 56 valence electrons. The van der Waals surface area contributed by atoms with Crippen LogP contribution in [0.15, 0.2) is 23.2 Å². The zero-order valence-corrected chi connectivity index (χ0v) is 6.17. The second-order valence-corrected chi connectivity index (χ2v) is 2.31. The zero-order valence-electron chi connectivity index (χ0n) is 5.41. The Bertz CT molecular complexity index is 298. The third-order valence-corrected chi connectivity index (χ3v) is 1.26. The molecule has 0 aliphatic heterocycles. The van der Waals surface area contributed by atoms with E-state index in [1.165, 1.54) is 24.3 Å². The SMILES string of the molecule is O=C=Nc1cc(O)cc(Cl)c1. The van der Waals surface area contributed by atoms with Gasteiger partial charge in [-0.2, -0.15) is 4.99 Å². The van der Waals surface area contributed by atoms with E-state index in [-0.39, 0.29) is 5.75 Å². The largest absolute Gasteiger partial charge is 0.508 e. The Morgan fingerprint density at radius 1 is 1.45 bits per heavy atom. The molecule has 1 aromatic carbocycles. The maximum Gasteiger partial charge on any atom is 0.240 e. The maximum absolute atomic E-state index is 9.78. The molecule has 0 heterocycles. The Labute approximate surface area is 68.0 Å². The number of phenolic OH excluding ortho intramolecular Hbond substituents is 1. The van der Waals surface area contributed by atoms with E-state index in [2.05, 4.69) is 4.99 Å². The van der Waals surface area contributed by atoms with Crippen molar-refractivity contribution in [3.05, 3.63) is 23.2 Å². The Morgan fingerprint density at radius 2 is 2.18 bits per heavy atom. The van der Waals surface area contributed by atoms with Crippen molar-refractivity contribution >= 4 is 23.4 Å². The van der Waals surface area contributed by atoms with E-state index in [1.54, 1.807) is 0 Å². The first kappa shape index (κ1) is 7.79. The van der Waals surface area contributed by atoms with Gasteiger partial charge in [-0.15, -0.1) is 0 Å². The highest BCUT2D eigenvalue weighted by atomic mass is 35.5. The molecule has 0 radical (unpaired) electrons. The lowest BCUT2D eigenvalue weighted by Crippen LogP contribution is -1.67. The molecular formula is C7H4ClNO2. The molecule has 0 aliphatic carbocycles. The molecule has 1 N–H and O–H groups in total. The molecule has 0 aromatic heterocycles. The Hall–Kier alpha value is -1.31. The van der Waals surface area contributed by atoms with Gasteiger partial charge in [0.05, 0.1) is 5.69 Å². The van der Waals surface area contributed by atoms with Crippen LogP contribution in [-0.4, -0.2) is 11.2 Å². The average Bonchev–Trinajstić information content (AvgIpc) is 1.85. The molecule has 0 spiro atoms. The number of hydrogen-bond donors (Lipinski definition) is 1. The molecule has 4 heteroatoms. The number of aromatic hydroxyl groups is 1. The summed E-state index contributed by atoms with van der Waals surface area (Å²) in [7, 11) is 0. The fraction of sp³-hybridized carbons (Fsp3) is 0. The summed E-state index contributed by atoms with van der Waals surface area (Å²) < 4.78 is 0. The van der Waals surface area contributed by atoms with Crippen molar-refractivity contribution in [2.75, 3.05) is 0 Å². The van der Waals surface area contributed by atoms with Gasteiger partial charge in [0.1, 0.15) is 5.75 Å². The quantitative estimate of drug-likeness (QED) is 0.517. The first-order valence-corrected chi connectivity index (χ1v) is 3.17. The van der Waals surface area contributed by atoms with Crippen molar-refractivity contribution in [2.45, 2.75) is 0 Å². The molecule has 0 unspecified atom stereocenters. The highest BCUT2D eigenvalue weighted by Gasteiger charge is 1.95. The molecule has 0 atom stereocenters. The summed E-state index contributed by atoms with van der Waals surface area (Å²) >= 11 is 5.54. The first-order chi connectivity index (χ1) is 5.22. The van der Waals surface area contributed by atoms with Crippen LogP contribution in [-0.2, 0) is 4.79 Å². The molecular weight excluding hydrogens is 166 g/mol. The van der Waals surface area contributed by atoms with Crippen molar-refractivity contribution in [2.24, 2.45) is 4.99 Å². The number of hydrogen-bond acceptors (Lipinski definition) is 3. The summed E-state index contributed by atoms with van der Waals surface area (Å²) in [6.07, 6.45) is 1.34. The summed E-state index contributed by atoms with van der Waals surface area (Å²) in [6, 6.07) is 4.12. The van der Waals surface area contributed by atoms with Gasteiger partial charge in [-0.3, -0.25) is 0 Å². The van der Waals surface area contributed by atoms with Gasteiger partial charge >= 0.3 is 0 Å². The summed E-state index contributed by atoms with van der Waals surface area (Å²) in [4.78, 5) is 13.1. The van der Waals surface area contributed by atoms with Crippen LogP contribution in [0, 0.1) is 0 Å². The molecule has 11 heavy (non-hydrogen) atoms. The van der Waals surface area contributed by atoms with Crippen LogP contribution in [0.2, 0.25) is 5.02 Å². The maximum atomic E-state index is 9.78. The molecule has 0 amide bonds. The topological polar surface area (TPSA) is 49.7 Å². The van der Waals surface area contributed by atoms with E-state index in [4.69, 9.17) is 16.7 Å². The fourth-order valence-electron chi connectivity index (χ4n) is 0.676. The van der Waals surface area contributed by atoms with Gasteiger partial charge in [-0.1, -0.05) is 11.6 Å². The molecule has 1 rings (SSSR count). The third kappa shape index (κ3) is 2.08. The number of halogens is 1. The van der Waals surface area contributed by atoms with Crippen LogP contribution >= 0.6 is 11.6 Å². The van der Waals surface area contributed by atoms with E-state index < -0.39 is 0 Å². The third-order valence-electron chi connectivity index (χ3n) is 1.04. The van der Waals surface area contributed by atoms with Gasteiger partial charge in [0, 0.05) is 11.1 Å². The summed E-state index contributed by atoms with van der Waals surface area (Å²) in [6.45, 7) is 0. The molecule has 0 saturated heterocycles. The van der Waals surface area contributed by atoms with E-state index >= 15 is 0 Å². The lowest BCUT2D eigenvalue weighted by molar-refractivity contribution is 0.475. The zero-order chi connectivity index (χ0) is 8.27. The molecule has 0 aliphatic rings. The lowest BCUT2D eigenvalue weighted by atomic mass is 10.3. The smallest absolute Gasteiger partial charge is 0.240 e. The average molecular weight is 170 g/mol. The fourth-order valence-corrected chi connectivity index (χ4v) is 0.900. The molecule has 0 bridgehead atoms. The van der Waals surface area contributed by atoms with Crippen LogP contribution in [0.4, 0.5) is 5.69 Å². The Kier molecular flexibility index (Phi) is 2.26. The summed E-state index contributed by atoms with van der Waals surface area (Å²) in [5.41, 5.74) is 0.296. The number of carbonyl (C=O) groups excluding carboxylic acids is 1. The van der Waals surface area contributed by atoms with Crippen molar-refractivity contribution in [3.8, 4) is 5.75 Å². The van der Waals surface area contributed by atoms with E-state index in [9.17, 15) is 4.79 Å². The molecule has 0 saturated carbocycles. The minimum absolute atomic E-state index is 0.0218. The number of rotatable bonds is 1. The van der Waals surface area contributed by atoms with Crippen molar-refractivity contribution in [1.82, 2.24) is 0 Å². The number of aliphatic imine (C=N–C) groups is 1. The second kappa shape index (κ2) is 3.19. The highest BCUT2D eigenvalue weighted by molar-refractivity contribution is 6.31. The van der Waals surface area contributed by atoms with Crippen LogP contribution in [0.25, 0.3) is 0 Å². The van der Waals surface area contributed by atoms with Gasteiger partial charge in [0.2, 0.25) is 6.08 Å². The second-order valence-electron chi connectivity index (χ2n) is 1.87. The monoisotopic (exact) mass is 169 g/mol. The van der Waals surface area contributed by atoms with Gasteiger partial charge in [0.15, 0.2) is 0 Å². The molecule has 0 fully saturated rings. The summed E-state index contributed by atoms with van der Waals surface area (Å²) in [5, 5.41) is 9.28. The highest BCUT2D eigenvalue weighted by Crippen LogP contribution is 2.24. The standard InChI is InChI=1S/C7H4ClNO2/c8-5-1-6(9-4-10)3-7(11)2-5/h1-3,11H. The van der Waals surface area contributed by atoms with Gasteiger partial charge in [-0.25, -0.2) is 4.79 Å². The number of isocyanates is 1. The molecule has 1 aromatic rings. The molecule has 3 nitrogen and oxygen atoms in total. The van der Waals surface area contributed by atoms with Gasteiger partial charge in [0.25, 0.3) is 0 Å².